The normalized spacial score (nSPS) is 11.9. The molecule has 0 bridgehead atoms. The van der Waals surface area contributed by atoms with Crippen molar-refractivity contribution >= 4 is 40.0 Å². The smallest absolute Gasteiger partial charge is 0.211 e. The molecule has 0 atom stereocenters. The molecule has 0 spiro atoms. The van der Waals surface area contributed by atoms with E-state index in [9.17, 15) is 8.42 Å². The lowest BCUT2D eigenvalue weighted by Gasteiger charge is -2.18. The second kappa shape index (κ2) is 12.8. The van der Waals surface area contributed by atoms with Crippen molar-refractivity contribution in [2.24, 2.45) is 4.99 Å². The van der Waals surface area contributed by atoms with Gasteiger partial charge in [-0.25, -0.2) is 12.7 Å². The molecule has 8 nitrogen and oxygen atoms in total. The highest BCUT2D eigenvalue weighted by Gasteiger charge is 2.13. The molecule has 2 rings (SSSR count). The molecule has 0 aliphatic rings. The molecule has 0 saturated heterocycles. The van der Waals surface area contributed by atoms with E-state index in [1.54, 1.807) is 13.2 Å². The fourth-order valence-electron chi connectivity index (χ4n) is 2.87. The minimum atomic E-state index is -3.14. The van der Waals surface area contributed by atoms with Crippen LogP contribution in [0.25, 0.3) is 0 Å². The second-order valence-corrected chi connectivity index (χ2v) is 8.42. The van der Waals surface area contributed by atoms with Gasteiger partial charge in [0, 0.05) is 45.6 Å². The average molecular weight is 534 g/mol. The zero-order valence-electron chi connectivity index (χ0n) is 17.2. The number of aliphatic imine (C=N–C) groups is 1. The van der Waals surface area contributed by atoms with Crippen molar-refractivity contribution in [3.8, 4) is 0 Å². The second-order valence-electron chi connectivity index (χ2n) is 6.43. The molecule has 1 aromatic heterocycles. The number of guanidine groups is 1. The number of rotatable bonds is 10. The summed E-state index contributed by atoms with van der Waals surface area (Å²) < 4.78 is 26.6. The Bertz CT molecular complexity index is 855. The molecule has 0 fully saturated rings. The molecule has 0 aliphatic carbocycles. The van der Waals surface area contributed by atoms with Crippen molar-refractivity contribution in [2.75, 3.05) is 32.9 Å². The van der Waals surface area contributed by atoms with Gasteiger partial charge in [0.05, 0.1) is 12.8 Å². The molecule has 2 aromatic rings. The molecule has 1 aromatic carbocycles. The minimum Gasteiger partial charge on any atom is -0.356 e. The Morgan fingerprint density at radius 1 is 1.21 bits per heavy atom. The molecule has 10 heteroatoms. The van der Waals surface area contributed by atoms with E-state index in [1.807, 2.05) is 36.0 Å². The highest BCUT2D eigenvalue weighted by atomic mass is 127. The van der Waals surface area contributed by atoms with Gasteiger partial charge in [-0.1, -0.05) is 31.2 Å². The molecule has 2 N–H and O–H groups in total. The van der Waals surface area contributed by atoms with Crippen molar-refractivity contribution < 1.29 is 8.42 Å². The number of nitrogens with zero attached hydrogens (tertiary/aromatic N) is 4. The number of aromatic nitrogens is 2. The first-order valence-electron chi connectivity index (χ1n) is 9.38. The number of benzene rings is 1. The van der Waals surface area contributed by atoms with E-state index >= 15 is 0 Å². The van der Waals surface area contributed by atoms with Gasteiger partial charge in [0.15, 0.2) is 5.96 Å². The zero-order valence-corrected chi connectivity index (χ0v) is 20.4. The first-order chi connectivity index (χ1) is 13.4. The Morgan fingerprint density at radius 2 is 1.93 bits per heavy atom. The molecular weight excluding hydrogens is 503 g/mol. The quantitative estimate of drug-likeness (QED) is 0.210. The number of hydrogen-bond acceptors (Lipinski definition) is 4. The topological polar surface area (TPSA) is 91.6 Å². The van der Waals surface area contributed by atoms with Gasteiger partial charge in [-0.3, -0.25) is 9.67 Å². The zero-order chi connectivity index (χ0) is 20.4. The number of sulfonamides is 1. The Morgan fingerprint density at radius 3 is 2.52 bits per heavy atom. The van der Waals surface area contributed by atoms with Crippen molar-refractivity contribution in [3.05, 3.63) is 53.9 Å². The Kier molecular flexibility index (Phi) is 11.2. The van der Waals surface area contributed by atoms with E-state index < -0.39 is 10.0 Å². The van der Waals surface area contributed by atoms with E-state index in [4.69, 9.17) is 0 Å². The third kappa shape index (κ3) is 8.70. The van der Waals surface area contributed by atoms with E-state index in [0.717, 1.165) is 6.54 Å². The first-order valence-corrected chi connectivity index (χ1v) is 11.2. The summed E-state index contributed by atoms with van der Waals surface area (Å²) in [5.41, 5.74) is 2.37. The van der Waals surface area contributed by atoms with Crippen LogP contribution in [-0.2, 0) is 23.1 Å². The fourth-order valence-corrected chi connectivity index (χ4v) is 3.80. The van der Waals surface area contributed by atoms with Gasteiger partial charge in [-0.05, 0) is 23.6 Å². The van der Waals surface area contributed by atoms with E-state index in [-0.39, 0.29) is 24.0 Å². The van der Waals surface area contributed by atoms with Crippen LogP contribution in [0.4, 0.5) is 0 Å². The number of nitrogens with one attached hydrogen (secondary N) is 2. The van der Waals surface area contributed by atoms with Gasteiger partial charge in [0.25, 0.3) is 0 Å². The van der Waals surface area contributed by atoms with Crippen LogP contribution in [-0.4, -0.2) is 61.4 Å². The monoisotopic (exact) mass is 534 g/mol. The Balaban J connectivity index is 0.00000420. The molecule has 0 radical (unpaired) electrons. The SMILES string of the molecule is CCN(CCCNC(=NC)NCc1ccccc1Cn1cccn1)S(C)(=O)=O.I. The molecule has 0 saturated carbocycles. The summed E-state index contributed by atoms with van der Waals surface area (Å²) in [4.78, 5) is 4.24. The van der Waals surface area contributed by atoms with Crippen LogP contribution in [0.15, 0.2) is 47.7 Å². The van der Waals surface area contributed by atoms with Crippen LogP contribution >= 0.6 is 24.0 Å². The third-order valence-electron chi connectivity index (χ3n) is 4.38. The van der Waals surface area contributed by atoms with Gasteiger partial charge >= 0.3 is 0 Å². The summed E-state index contributed by atoms with van der Waals surface area (Å²) in [5, 5.41) is 10.8. The summed E-state index contributed by atoms with van der Waals surface area (Å²) in [6.07, 6.45) is 5.67. The molecule has 0 unspecified atom stereocenters. The van der Waals surface area contributed by atoms with Crippen LogP contribution in [0.1, 0.15) is 24.5 Å². The highest BCUT2D eigenvalue weighted by molar-refractivity contribution is 14.0. The van der Waals surface area contributed by atoms with Gasteiger partial charge in [0.2, 0.25) is 10.0 Å². The van der Waals surface area contributed by atoms with Crippen molar-refractivity contribution in [3.63, 3.8) is 0 Å². The van der Waals surface area contributed by atoms with Gasteiger partial charge in [-0.2, -0.15) is 5.10 Å². The molecule has 0 amide bonds. The van der Waals surface area contributed by atoms with Gasteiger partial charge < -0.3 is 10.6 Å². The highest BCUT2D eigenvalue weighted by Crippen LogP contribution is 2.10. The number of hydrogen-bond donors (Lipinski definition) is 2. The van der Waals surface area contributed by atoms with Crippen molar-refractivity contribution in [1.82, 2.24) is 24.7 Å². The van der Waals surface area contributed by atoms with Crippen LogP contribution < -0.4 is 10.6 Å². The van der Waals surface area contributed by atoms with Crippen LogP contribution in [0, 0.1) is 0 Å². The summed E-state index contributed by atoms with van der Waals surface area (Å²) >= 11 is 0. The standard InChI is InChI=1S/C19H30N6O2S.HI/c1-4-25(28(3,26)27)14-7-11-21-19(20-2)22-15-17-9-5-6-10-18(17)16-24-13-8-12-23-24;/h5-6,8-10,12-13H,4,7,11,14-16H2,1-3H3,(H2,20,21,22);1H. The fraction of sp³-hybridized carbons (Fsp3) is 0.474. The van der Waals surface area contributed by atoms with Gasteiger partial charge in [-0.15, -0.1) is 24.0 Å². The maximum atomic E-state index is 11.6. The summed E-state index contributed by atoms with van der Waals surface area (Å²) in [6.45, 7) is 4.82. The average Bonchev–Trinajstić information content (AvgIpc) is 3.17. The minimum absolute atomic E-state index is 0. The maximum absolute atomic E-state index is 11.6. The molecular formula is C19H31IN6O2S. The first kappa shape index (κ1) is 25.4. The molecule has 1 heterocycles. The summed E-state index contributed by atoms with van der Waals surface area (Å²) in [5.74, 6) is 0.691. The lowest BCUT2D eigenvalue weighted by Crippen LogP contribution is -2.39. The summed E-state index contributed by atoms with van der Waals surface area (Å²) in [6, 6.07) is 10.1. The van der Waals surface area contributed by atoms with Crippen molar-refractivity contribution in [2.45, 2.75) is 26.4 Å². The number of halogens is 1. The van der Waals surface area contributed by atoms with Crippen LogP contribution in [0.2, 0.25) is 0 Å². The molecule has 29 heavy (non-hydrogen) atoms. The third-order valence-corrected chi connectivity index (χ3v) is 5.76. The largest absolute Gasteiger partial charge is 0.356 e. The predicted molar refractivity (Wildman–Crippen MR) is 128 cm³/mol. The molecule has 162 valence electrons. The lowest BCUT2D eigenvalue weighted by molar-refractivity contribution is 0.424. The van der Waals surface area contributed by atoms with E-state index in [2.05, 4.69) is 32.9 Å². The van der Waals surface area contributed by atoms with Gasteiger partial charge in [0.1, 0.15) is 0 Å². The van der Waals surface area contributed by atoms with E-state index in [1.165, 1.54) is 21.7 Å². The van der Waals surface area contributed by atoms with Crippen molar-refractivity contribution in [1.29, 1.82) is 0 Å². The molecule has 0 aliphatic heterocycles. The van der Waals surface area contributed by atoms with E-state index in [0.29, 0.717) is 38.6 Å². The predicted octanol–water partition coefficient (Wildman–Crippen LogP) is 1.89. The van der Waals surface area contributed by atoms with Crippen LogP contribution in [0.3, 0.4) is 0 Å². The summed E-state index contributed by atoms with van der Waals surface area (Å²) in [7, 11) is -1.42. The van der Waals surface area contributed by atoms with Crippen LogP contribution in [0.5, 0.6) is 0 Å². The Labute approximate surface area is 190 Å². The maximum Gasteiger partial charge on any atom is 0.211 e. The lowest BCUT2D eigenvalue weighted by atomic mass is 10.1. The Hall–Kier alpha value is -1.66.